The molecule has 1 aliphatic heterocycles. The maximum Gasteiger partial charge on any atom is 0.180 e. The van der Waals surface area contributed by atoms with E-state index in [1.54, 1.807) is 0 Å². The number of hydrazine groups is 1. The van der Waals surface area contributed by atoms with Crippen LogP contribution in [-0.4, -0.2) is 19.5 Å². The number of anilines is 1. The van der Waals surface area contributed by atoms with Gasteiger partial charge in [-0.2, -0.15) is 11.8 Å². The van der Waals surface area contributed by atoms with Gasteiger partial charge in [0, 0.05) is 23.1 Å². The molecule has 0 atom stereocenters. The van der Waals surface area contributed by atoms with E-state index in [0.717, 1.165) is 40.1 Å². The molecule has 19 heavy (non-hydrogen) atoms. The highest BCUT2D eigenvalue weighted by atomic mass is 32.2. The molecule has 1 saturated carbocycles. The molecule has 0 bridgehead atoms. The third-order valence-corrected chi connectivity index (χ3v) is 4.52. The van der Waals surface area contributed by atoms with E-state index >= 15 is 0 Å². The van der Waals surface area contributed by atoms with E-state index in [9.17, 15) is 0 Å². The van der Waals surface area contributed by atoms with E-state index in [2.05, 4.69) is 24.9 Å². The lowest BCUT2D eigenvalue weighted by Crippen LogP contribution is -2.13. The molecule has 0 radical (unpaired) electrons. The first-order valence-corrected chi connectivity index (χ1v) is 7.48. The Kier molecular flexibility index (Phi) is 2.49. The molecule has 2 aliphatic rings. The van der Waals surface area contributed by atoms with Gasteiger partial charge < -0.3 is 9.99 Å². The molecule has 1 fully saturated rings. The quantitative estimate of drug-likeness (QED) is 0.655. The highest BCUT2D eigenvalue weighted by Gasteiger charge is 2.27. The highest BCUT2D eigenvalue weighted by molar-refractivity contribution is 7.98. The topological polar surface area (TPSA) is 81.6 Å². The number of fused-ring (bicyclic) bond motifs is 1. The molecule has 2 aromatic rings. The average molecular weight is 274 g/mol. The van der Waals surface area contributed by atoms with Gasteiger partial charge in [-0.1, -0.05) is 0 Å². The van der Waals surface area contributed by atoms with E-state index in [1.807, 2.05) is 24.3 Å². The Labute approximate surface area is 114 Å². The number of hydrogen-bond donors (Lipinski definition) is 2. The van der Waals surface area contributed by atoms with Crippen molar-refractivity contribution in [3.8, 4) is 11.5 Å². The number of rotatable bonds is 3. The smallest absolute Gasteiger partial charge is 0.180 e. The number of nitrogen functional groups attached to an aromatic ring is 1. The molecule has 0 unspecified atom stereocenters. The second kappa shape index (κ2) is 4.21. The van der Waals surface area contributed by atoms with Gasteiger partial charge in [-0.3, -0.25) is 0 Å². The summed E-state index contributed by atoms with van der Waals surface area (Å²) >= 11 is 1.84. The van der Waals surface area contributed by atoms with Gasteiger partial charge in [0.25, 0.3) is 0 Å². The van der Waals surface area contributed by atoms with Crippen molar-refractivity contribution >= 4 is 17.6 Å². The van der Waals surface area contributed by atoms with Gasteiger partial charge in [0.15, 0.2) is 5.82 Å². The molecule has 0 amide bonds. The van der Waals surface area contributed by atoms with Crippen LogP contribution in [0.2, 0.25) is 0 Å². The number of aromatic nitrogens is 4. The summed E-state index contributed by atoms with van der Waals surface area (Å²) in [6, 6.07) is 0.568. The molecule has 2 aromatic heterocycles. The van der Waals surface area contributed by atoms with Crippen LogP contribution in [0.1, 0.15) is 30.1 Å². The standard InChI is InChI=1S/C12H14N6S/c13-17-11-8-4-19-5-9(8)15-12(16-11)10-3-14-6-18(10)7-1-2-7/h3,6-7H,1-2,4-5,13H2,(H,15,16,17). The van der Waals surface area contributed by atoms with Crippen LogP contribution in [0.5, 0.6) is 0 Å². The summed E-state index contributed by atoms with van der Waals surface area (Å²) in [6.45, 7) is 0. The summed E-state index contributed by atoms with van der Waals surface area (Å²) in [5.74, 6) is 8.90. The fourth-order valence-electron chi connectivity index (χ4n) is 2.41. The normalized spacial score (nSPS) is 17.5. The summed E-state index contributed by atoms with van der Waals surface area (Å²) in [4.78, 5) is 13.5. The number of nitrogens with zero attached hydrogens (tertiary/aromatic N) is 4. The molecule has 3 heterocycles. The Morgan fingerprint density at radius 1 is 1.32 bits per heavy atom. The lowest BCUT2D eigenvalue weighted by molar-refractivity contribution is 0.742. The lowest BCUT2D eigenvalue weighted by Gasteiger charge is -2.10. The zero-order chi connectivity index (χ0) is 12.8. The molecule has 1 aliphatic carbocycles. The number of thioether (sulfide) groups is 1. The zero-order valence-corrected chi connectivity index (χ0v) is 11.2. The molecular weight excluding hydrogens is 260 g/mol. The van der Waals surface area contributed by atoms with Crippen molar-refractivity contribution in [2.45, 2.75) is 30.4 Å². The minimum atomic E-state index is 0.568. The van der Waals surface area contributed by atoms with Crippen LogP contribution in [0, 0.1) is 0 Å². The Hall–Kier alpha value is -1.60. The van der Waals surface area contributed by atoms with Crippen LogP contribution in [0.15, 0.2) is 12.5 Å². The number of imidazole rings is 1. The van der Waals surface area contributed by atoms with Crippen LogP contribution in [0.4, 0.5) is 5.82 Å². The zero-order valence-electron chi connectivity index (χ0n) is 10.3. The molecule has 98 valence electrons. The maximum atomic E-state index is 5.58. The second-order valence-corrected chi connectivity index (χ2v) is 5.86. The Morgan fingerprint density at radius 3 is 3.00 bits per heavy atom. The van der Waals surface area contributed by atoms with Gasteiger partial charge >= 0.3 is 0 Å². The van der Waals surface area contributed by atoms with Crippen LogP contribution in [-0.2, 0) is 11.5 Å². The Morgan fingerprint density at radius 2 is 2.21 bits per heavy atom. The summed E-state index contributed by atoms with van der Waals surface area (Å²) in [6.07, 6.45) is 6.13. The Balaban J connectivity index is 1.84. The maximum absolute atomic E-state index is 5.58. The number of nitrogens with one attached hydrogen (secondary N) is 1. The van der Waals surface area contributed by atoms with Crippen molar-refractivity contribution in [3.05, 3.63) is 23.8 Å². The van der Waals surface area contributed by atoms with Gasteiger partial charge in [0.1, 0.15) is 11.5 Å². The minimum absolute atomic E-state index is 0.568. The molecule has 7 heteroatoms. The largest absolute Gasteiger partial charge is 0.325 e. The molecular formula is C12H14N6S. The second-order valence-electron chi connectivity index (χ2n) is 4.88. The molecule has 6 nitrogen and oxygen atoms in total. The monoisotopic (exact) mass is 274 g/mol. The van der Waals surface area contributed by atoms with E-state index in [1.165, 1.54) is 12.8 Å². The van der Waals surface area contributed by atoms with E-state index in [4.69, 9.17) is 5.84 Å². The van der Waals surface area contributed by atoms with Crippen LogP contribution >= 0.6 is 11.8 Å². The summed E-state index contributed by atoms with van der Waals surface area (Å²) in [5, 5.41) is 0. The van der Waals surface area contributed by atoms with Crippen LogP contribution < -0.4 is 11.3 Å². The predicted molar refractivity (Wildman–Crippen MR) is 74.3 cm³/mol. The van der Waals surface area contributed by atoms with Crippen molar-refractivity contribution in [2.75, 3.05) is 5.43 Å². The van der Waals surface area contributed by atoms with Crippen LogP contribution in [0.25, 0.3) is 11.5 Å². The molecule has 0 saturated heterocycles. The molecule has 4 rings (SSSR count). The Bertz CT molecular complexity index is 633. The van der Waals surface area contributed by atoms with E-state index < -0.39 is 0 Å². The molecule has 0 spiro atoms. The summed E-state index contributed by atoms with van der Waals surface area (Å²) < 4.78 is 2.17. The van der Waals surface area contributed by atoms with Crippen LogP contribution in [0.3, 0.4) is 0 Å². The summed E-state index contributed by atoms with van der Waals surface area (Å²) in [7, 11) is 0. The molecule has 3 N–H and O–H groups in total. The summed E-state index contributed by atoms with van der Waals surface area (Å²) in [5.41, 5.74) is 5.91. The first-order chi connectivity index (χ1) is 9.36. The first-order valence-electron chi connectivity index (χ1n) is 6.33. The number of nitrogens with two attached hydrogens (primary N) is 1. The first kappa shape index (κ1) is 11.2. The number of hydrogen-bond acceptors (Lipinski definition) is 6. The van der Waals surface area contributed by atoms with Gasteiger partial charge in [0.2, 0.25) is 0 Å². The third kappa shape index (κ3) is 1.81. The van der Waals surface area contributed by atoms with Gasteiger partial charge in [0.05, 0.1) is 18.2 Å². The SMILES string of the molecule is NNc1nc(-c2cncn2C2CC2)nc2c1CSC2. The fourth-order valence-corrected chi connectivity index (χ4v) is 3.45. The minimum Gasteiger partial charge on any atom is -0.325 e. The van der Waals surface area contributed by atoms with Gasteiger partial charge in [-0.15, -0.1) is 0 Å². The van der Waals surface area contributed by atoms with E-state index in [0.29, 0.717) is 6.04 Å². The molecule has 0 aromatic carbocycles. The van der Waals surface area contributed by atoms with Gasteiger partial charge in [-0.25, -0.2) is 20.8 Å². The van der Waals surface area contributed by atoms with Crippen molar-refractivity contribution < 1.29 is 0 Å². The van der Waals surface area contributed by atoms with Crippen molar-refractivity contribution in [1.82, 2.24) is 19.5 Å². The van der Waals surface area contributed by atoms with Crippen molar-refractivity contribution in [2.24, 2.45) is 5.84 Å². The predicted octanol–water partition coefficient (Wildman–Crippen LogP) is 1.71. The highest BCUT2D eigenvalue weighted by Crippen LogP contribution is 2.39. The van der Waals surface area contributed by atoms with Crippen molar-refractivity contribution in [3.63, 3.8) is 0 Å². The third-order valence-electron chi connectivity index (χ3n) is 3.55. The van der Waals surface area contributed by atoms with E-state index in [-0.39, 0.29) is 0 Å². The fraction of sp³-hybridized carbons (Fsp3) is 0.417. The lowest BCUT2D eigenvalue weighted by atomic mass is 10.2. The van der Waals surface area contributed by atoms with Crippen molar-refractivity contribution in [1.29, 1.82) is 0 Å². The van der Waals surface area contributed by atoms with Gasteiger partial charge in [-0.05, 0) is 12.8 Å². The average Bonchev–Trinajstić information content (AvgIpc) is 2.99.